The first kappa shape index (κ1) is 27.2. The fourth-order valence-corrected chi connectivity index (χ4v) is 4.60. The SMILES string of the molecule is CCn1c(SCC(=O)Nc2ccc(C(=O)O)cc2)nnc1[C@H](CC(C)C)NC(=O)c1ccccc1Cl. The van der Waals surface area contributed by atoms with Crippen molar-refractivity contribution in [3.8, 4) is 0 Å². The lowest BCUT2D eigenvalue weighted by Crippen LogP contribution is -2.31. The number of amides is 2. The second kappa shape index (κ2) is 12.5. The highest BCUT2D eigenvalue weighted by molar-refractivity contribution is 7.99. The van der Waals surface area contributed by atoms with E-state index in [0.717, 1.165) is 0 Å². The van der Waals surface area contributed by atoms with Crippen molar-refractivity contribution in [2.24, 2.45) is 5.92 Å². The normalized spacial score (nSPS) is 11.8. The topological polar surface area (TPSA) is 126 Å². The third kappa shape index (κ3) is 7.08. The fourth-order valence-electron chi connectivity index (χ4n) is 3.57. The molecule has 1 heterocycles. The fraction of sp³-hybridized carbons (Fsp3) is 0.320. The van der Waals surface area contributed by atoms with Gasteiger partial charge in [0.25, 0.3) is 5.91 Å². The summed E-state index contributed by atoms with van der Waals surface area (Å²) >= 11 is 7.44. The van der Waals surface area contributed by atoms with Gasteiger partial charge < -0.3 is 20.3 Å². The molecule has 36 heavy (non-hydrogen) atoms. The maximum Gasteiger partial charge on any atom is 0.335 e. The molecule has 0 spiro atoms. The van der Waals surface area contributed by atoms with Gasteiger partial charge in [0.1, 0.15) is 0 Å². The summed E-state index contributed by atoms with van der Waals surface area (Å²) in [6.45, 7) is 6.62. The minimum atomic E-state index is -1.03. The molecule has 190 valence electrons. The molecule has 1 aromatic heterocycles. The Morgan fingerprint density at radius 2 is 1.78 bits per heavy atom. The summed E-state index contributed by atoms with van der Waals surface area (Å²) in [5, 5.41) is 24.3. The number of hydrogen-bond donors (Lipinski definition) is 3. The number of nitrogens with zero attached hydrogens (tertiary/aromatic N) is 3. The number of carboxylic acid groups (broad SMARTS) is 1. The van der Waals surface area contributed by atoms with Gasteiger partial charge in [-0.1, -0.05) is 49.3 Å². The van der Waals surface area contributed by atoms with Gasteiger partial charge in [0.2, 0.25) is 5.91 Å². The Balaban J connectivity index is 1.71. The average Bonchev–Trinajstić information content (AvgIpc) is 3.25. The Labute approximate surface area is 218 Å². The summed E-state index contributed by atoms with van der Waals surface area (Å²) in [4.78, 5) is 36.4. The monoisotopic (exact) mass is 529 g/mol. The number of rotatable bonds is 11. The summed E-state index contributed by atoms with van der Waals surface area (Å²) < 4.78 is 1.89. The molecule has 0 aliphatic rings. The number of aromatic carboxylic acids is 1. The first-order valence-corrected chi connectivity index (χ1v) is 12.8. The molecule has 3 aromatic rings. The molecule has 3 rings (SSSR count). The van der Waals surface area contributed by atoms with Gasteiger partial charge in [0.05, 0.1) is 27.9 Å². The molecule has 0 bridgehead atoms. The molecule has 9 nitrogen and oxygen atoms in total. The van der Waals surface area contributed by atoms with Gasteiger partial charge in [0, 0.05) is 12.2 Å². The first-order valence-electron chi connectivity index (χ1n) is 11.4. The number of carbonyl (C=O) groups is 3. The predicted molar refractivity (Wildman–Crippen MR) is 140 cm³/mol. The van der Waals surface area contributed by atoms with Crippen molar-refractivity contribution in [3.05, 3.63) is 70.5 Å². The maximum absolute atomic E-state index is 12.9. The molecule has 0 aliphatic heterocycles. The van der Waals surface area contributed by atoms with Gasteiger partial charge in [-0.2, -0.15) is 0 Å². The molecular weight excluding hydrogens is 502 g/mol. The van der Waals surface area contributed by atoms with E-state index in [2.05, 4.69) is 34.7 Å². The number of hydrogen-bond acceptors (Lipinski definition) is 6. The van der Waals surface area contributed by atoms with Crippen molar-refractivity contribution in [1.82, 2.24) is 20.1 Å². The summed E-state index contributed by atoms with van der Waals surface area (Å²) in [5.41, 5.74) is 1.03. The minimum Gasteiger partial charge on any atom is -0.478 e. The average molecular weight is 530 g/mol. The van der Waals surface area contributed by atoms with E-state index in [9.17, 15) is 14.4 Å². The van der Waals surface area contributed by atoms with Crippen LogP contribution in [0.1, 0.15) is 59.8 Å². The number of nitrogens with one attached hydrogen (secondary N) is 2. The molecule has 11 heteroatoms. The van der Waals surface area contributed by atoms with Crippen LogP contribution in [0.4, 0.5) is 5.69 Å². The van der Waals surface area contributed by atoms with Crippen LogP contribution in [0.25, 0.3) is 0 Å². The molecule has 0 radical (unpaired) electrons. The second-order valence-electron chi connectivity index (χ2n) is 8.44. The van der Waals surface area contributed by atoms with Crippen LogP contribution in [0.2, 0.25) is 5.02 Å². The number of anilines is 1. The third-order valence-corrected chi connectivity index (χ3v) is 6.55. The molecule has 0 saturated carbocycles. The first-order chi connectivity index (χ1) is 17.2. The predicted octanol–water partition coefficient (Wildman–Crippen LogP) is 4.90. The lowest BCUT2D eigenvalue weighted by atomic mass is 10.0. The van der Waals surface area contributed by atoms with Crippen molar-refractivity contribution in [2.75, 3.05) is 11.1 Å². The molecule has 0 saturated heterocycles. The van der Waals surface area contributed by atoms with Crippen LogP contribution in [-0.2, 0) is 11.3 Å². The van der Waals surface area contributed by atoms with Gasteiger partial charge in [-0.25, -0.2) is 4.79 Å². The smallest absolute Gasteiger partial charge is 0.335 e. The number of benzene rings is 2. The number of carbonyl (C=O) groups excluding carboxylic acids is 2. The van der Waals surface area contributed by atoms with E-state index in [0.29, 0.717) is 40.2 Å². The number of carboxylic acids is 1. The number of thioether (sulfide) groups is 1. The summed E-state index contributed by atoms with van der Waals surface area (Å²) in [6.07, 6.45) is 0.645. The Bertz CT molecular complexity index is 1230. The van der Waals surface area contributed by atoms with Crippen molar-refractivity contribution in [2.45, 2.75) is 44.9 Å². The highest BCUT2D eigenvalue weighted by atomic mass is 35.5. The Kier molecular flexibility index (Phi) is 9.49. The molecule has 2 aromatic carbocycles. The van der Waals surface area contributed by atoms with E-state index in [4.69, 9.17) is 16.7 Å². The van der Waals surface area contributed by atoms with E-state index >= 15 is 0 Å². The Morgan fingerprint density at radius 1 is 1.08 bits per heavy atom. The van der Waals surface area contributed by atoms with Crippen molar-refractivity contribution in [1.29, 1.82) is 0 Å². The van der Waals surface area contributed by atoms with Crippen LogP contribution in [0, 0.1) is 5.92 Å². The van der Waals surface area contributed by atoms with E-state index < -0.39 is 12.0 Å². The molecule has 0 aliphatic carbocycles. The van der Waals surface area contributed by atoms with Crippen LogP contribution in [0.5, 0.6) is 0 Å². The lowest BCUT2D eigenvalue weighted by molar-refractivity contribution is -0.113. The van der Waals surface area contributed by atoms with Crippen LogP contribution < -0.4 is 10.6 Å². The van der Waals surface area contributed by atoms with Crippen molar-refractivity contribution >= 4 is 46.8 Å². The van der Waals surface area contributed by atoms with E-state index in [-0.39, 0.29) is 29.0 Å². The Hall–Kier alpha value is -3.37. The third-order valence-electron chi connectivity index (χ3n) is 5.25. The molecule has 3 N–H and O–H groups in total. The van der Waals surface area contributed by atoms with Gasteiger partial charge in [-0.05, 0) is 55.7 Å². The standard InChI is InChI=1S/C25H28ClN5O4S/c1-4-31-22(20(13-15(2)3)28-23(33)18-7-5-6-8-19(18)26)29-30-25(31)36-14-21(32)27-17-11-9-16(10-12-17)24(34)35/h5-12,15,20H,4,13-14H2,1-3H3,(H,27,32)(H,28,33)(H,34,35)/t20-/m0/s1. The molecule has 0 fully saturated rings. The minimum absolute atomic E-state index is 0.0830. The molecule has 0 unspecified atom stereocenters. The van der Waals surface area contributed by atoms with Gasteiger partial charge in [-0.3, -0.25) is 9.59 Å². The van der Waals surface area contributed by atoms with E-state index in [1.165, 1.54) is 36.0 Å². The zero-order valence-electron chi connectivity index (χ0n) is 20.2. The van der Waals surface area contributed by atoms with Crippen LogP contribution in [-0.4, -0.2) is 43.4 Å². The molecule has 2 amide bonds. The quantitative estimate of drug-likeness (QED) is 0.301. The maximum atomic E-state index is 12.9. The van der Waals surface area contributed by atoms with Gasteiger partial charge >= 0.3 is 5.97 Å². The zero-order chi connectivity index (χ0) is 26.2. The van der Waals surface area contributed by atoms with E-state index in [1.54, 1.807) is 24.3 Å². The molecule has 1 atom stereocenters. The van der Waals surface area contributed by atoms with Crippen LogP contribution >= 0.6 is 23.4 Å². The zero-order valence-corrected chi connectivity index (χ0v) is 21.8. The number of halogens is 1. The largest absolute Gasteiger partial charge is 0.478 e. The summed E-state index contributed by atoms with van der Waals surface area (Å²) in [6, 6.07) is 12.4. The van der Waals surface area contributed by atoms with Crippen molar-refractivity contribution < 1.29 is 19.5 Å². The highest BCUT2D eigenvalue weighted by Gasteiger charge is 2.25. The summed E-state index contributed by atoms with van der Waals surface area (Å²) in [5.74, 6) is -0.617. The molecular formula is C25H28ClN5O4S. The van der Waals surface area contributed by atoms with E-state index in [1.807, 2.05) is 11.5 Å². The van der Waals surface area contributed by atoms with Crippen LogP contribution in [0.3, 0.4) is 0 Å². The number of aromatic nitrogens is 3. The van der Waals surface area contributed by atoms with Gasteiger partial charge in [0.15, 0.2) is 11.0 Å². The highest BCUT2D eigenvalue weighted by Crippen LogP contribution is 2.26. The lowest BCUT2D eigenvalue weighted by Gasteiger charge is -2.21. The Morgan fingerprint density at radius 3 is 2.39 bits per heavy atom. The summed E-state index contributed by atoms with van der Waals surface area (Å²) in [7, 11) is 0. The van der Waals surface area contributed by atoms with Crippen molar-refractivity contribution in [3.63, 3.8) is 0 Å². The second-order valence-corrected chi connectivity index (χ2v) is 9.79. The van der Waals surface area contributed by atoms with Crippen LogP contribution in [0.15, 0.2) is 53.7 Å². The van der Waals surface area contributed by atoms with Gasteiger partial charge in [-0.15, -0.1) is 10.2 Å².